The standard InChI is InChI=1S/C16H22O3/c1-3-6-13(17)8-5-4-7-12-9-10-14-15(12)11(2)16(18)19-14/h4,7,11-12H,3,5-6,8-10H2,1-2H3/b7-4+/t11?,12-/m0/s1. The fraction of sp³-hybridized carbons (Fsp3) is 0.625. The first-order valence-electron chi connectivity index (χ1n) is 7.26. The average Bonchev–Trinajstić information content (AvgIpc) is 2.88. The molecule has 104 valence electrons. The number of carbonyl (C=O) groups excluding carboxylic acids is 2. The molecule has 1 unspecified atom stereocenters. The van der Waals surface area contributed by atoms with Crippen molar-refractivity contribution in [1.29, 1.82) is 0 Å². The summed E-state index contributed by atoms with van der Waals surface area (Å²) < 4.78 is 5.26. The van der Waals surface area contributed by atoms with Gasteiger partial charge in [0.1, 0.15) is 11.5 Å². The van der Waals surface area contributed by atoms with Gasteiger partial charge in [0.15, 0.2) is 0 Å². The molecule has 0 fully saturated rings. The summed E-state index contributed by atoms with van der Waals surface area (Å²) in [6.45, 7) is 3.94. The maximum atomic E-state index is 11.5. The quantitative estimate of drug-likeness (QED) is 0.543. The summed E-state index contributed by atoms with van der Waals surface area (Å²) in [7, 11) is 0. The second-order valence-electron chi connectivity index (χ2n) is 5.42. The van der Waals surface area contributed by atoms with Gasteiger partial charge >= 0.3 is 5.97 Å². The van der Waals surface area contributed by atoms with Crippen LogP contribution in [0.3, 0.4) is 0 Å². The molecule has 0 aromatic rings. The van der Waals surface area contributed by atoms with E-state index >= 15 is 0 Å². The number of Topliss-reactive ketones (excluding diaryl/α,β-unsaturated/α-hetero) is 1. The Morgan fingerprint density at radius 3 is 2.95 bits per heavy atom. The lowest BCUT2D eigenvalue weighted by atomic mass is 9.91. The molecule has 3 nitrogen and oxygen atoms in total. The number of esters is 1. The van der Waals surface area contributed by atoms with Crippen molar-refractivity contribution in [1.82, 2.24) is 0 Å². The number of carbonyl (C=O) groups is 2. The van der Waals surface area contributed by atoms with E-state index in [1.807, 2.05) is 13.8 Å². The molecular weight excluding hydrogens is 240 g/mol. The first-order chi connectivity index (χ1) is 9.13. The zero-order valence-electron chi connectivity index (χ0n) is 11.8. The minimum Gasteiger partial charge on any atom is -0.431 e. The zero-order valence-corrected chi connectivity index (χ0v) is 11.8. The third kappa shape index (κ3) is 3.14. The molecule has 2 aliphatic rings. The smallest absolute Gasteiger partial charge is 0.318 e. The van der Waals surface area contributed by atoms with E-state index in [-0.39, 0.29) is 11.9 Å². The van der Waals surface area contributed by atoms with Gasteiger partial charge in [-0.15, -0.1) is 0 Å². The van der Waals surface area contributed by atoms with E-state index in [2.05, 4.69) is 12.2 Å². The molecule has 0 aromatic carbocycles. The summed E-state index contributed by atoms with van der Waals surface area (Å²) in [5.41, 5.74) is 1.17. The lowest BCUT2D eigenvalue weighted by molar-refractivity contribution is -0.140. The van der Waals surface area contributed by atoms with Gasteiger partial charge in [0.05, 0.1) is 5.92 Å². The lowest BCUT2D eigenvalue weighted by Gasteiger charge is -2.11. The number of ketones is 1. The van der Waals surface area contributed by atoms with Crippen molar-refractivity contribution < 1.29 is 14.3 Å². The number of ether oxygens (including phenoxy) is 1. The molecule has 0 N–H and O–H groups in total. The monoisotopic (exact) mass is 262 g/mol. The molecule has 19 heavy (non-hydrogen) atoms. The van der Waals surface area contributed by atoms with E-state index in [0.717, 1.165) is 31.4 Å². The molecule has 1 heterocycles. The molecule has 0 aromatic heterocycles. The normalized spacial score (nSPS) is 26.1. The molecule has 0 amide bonds. The molecule has 1 aliphatic heterocycles. The fourth-order valence-corrected chi connectivity index (χ4v) is 2.91. The third-order valence-corrected chi connectivity index (χ3v) is 3.93. The van der Waals surface area contributed by atoms with Crippen LogP contribution in [0.1, 0.15) is 52.4 Å². The van der Waals surface area contributed by atoms with Crippen LogP contribution in [0.25, 0.3) is 0 Å². The second kappa shape index (κ2) is 6.18. The van der Waals surface area contributed by atoms with E-state index in [0.29, 0.717) is 24.5 Å². The van der Waals surface area contributed by atoms with E-state index in [9.17, 15) is 9.59 Å². The van der Waals surface area contributed by atoms with Gasteiger partial charge < -0.3 is 4.74 Å². The SMILES string of the molecule is CCCC(=O)CC/C=C/[C@H]1CCC2=C1C(C)C(=O)O2. The Morgan fingerprint density at radius 2 is 2.21 bits per heavy atom. The Labute approximate surface area is 114 Å². The Hall–Kier alpha value is -1.38. The lowest BCUT2D eigenvalue weighted by Crippen LogP contribution is -2.12. The van der Waals surface area contributed by atoms with Crippen LogP contribution in [-0.4, -0.2) is 11.8 Å². The Morgan fingerprint density at radius 1 is 1.42 bits per heavy atom. The first kappa shape index (κ1) is 14.0. The van der Waals surface area contributed by atoms with Crippen molar-refractivity contribution in [3.63, 3.8) is 0 Å². The highest BCUT2D eigenvalue weighted by atomic mass is 16.5. The number of rotatable bonds is 6. The van der Waals surface area contributed by atoms with E-state index in [4.69, 9.17) is 4.74 Å². The Bertz CT molecular complexity index is 431. The van der Waals surface area contributed by atoms with Crippen LogP contribution >= 0.6 is 0 Å². The number of allylic oxidation sites excluding steroid dienone is 3. The van der Waals surface area contributed by atoms with E-state index in [1.54, 1.807) is 0 Å². The molecule has 1 aliphatic carbocycles. The Balaban J connectivity index is 1.84. The highest BCUT2D eigenvalue weighted by molar-refractivity contribution is 5.80. The predicted molar refractivity (Wildman–Crippen MR) is 73.3 cm³/mol. The topological polar surface area (TPSA) is 43.4 Å². The molecular formula is C16H22O3. The average molecular weight is 262 g/mol. The van der Waals surface area contributed by atoms with Crippen LogP contribution in [0.2, 0.25) is 0 Å². The highest BCUT2D eigenvalue weighted by Crippen LogP contribution is 2.43. The maximum Gasteiger partial charge on any atom is 0.318 e. The molecule has 3 heteroatoms. The van der Waals surface area contributed by atoms with Gasteiger partial charge in [0, 0.05) is 25.2 Å². The van der Waals surface area contributed by atoms with Gasteiger partial charge in [-0.1, -0.05) is 19.1 Å². The van der Waals surface area contributed by atoms with Crippen LogP contribution in [0.4, 0.5) is 0 Å². The summed E-state index contributed by atoms with van der Waals surface area (Å²) in [5.74, 6) is 1.37. The van der Waals surface area contributed by atoms with Crippen molar-refractivity contribution in [3.05, 3.63) is 23.5 Å². The third-order valence-electron chi connectivity index (χ3n) is 3.93. The molecule has 0 saturated carbocycles. The van der Waals surface area contributed by atoms with Gasteiger partial charge in [-0.3, -0.25) is 9.59 Å². The van der Waals surface area contributed by atoms with Gasteiger partial charge in [-0.25, -0.2) is 0 Å². The van der Waals surface area contributed by atoms with E-state index in [1.165, 1.54) is 5.57 Å². The minimum atomic E-state index is -0.110. The second-order valence-corrected chi connectivity index (χ2v) is 5.42. The van der Waals surface area contributed by atoms with Gasteiger partial charge in [-0.05, 0) is 31.8 Å². The highest BCUT2D eigenvalue weighted by Gasteiger charge is 2.39. The number of hydrogen-bond donors (Lipinski definition) is 0. The first-order valence-corrected chi connectivity index (χ1v) is 7.26. The fourth-order valence-electron chi connectivity index (χ4n) is 2.91. The van der Waals surface area contributed by atoms with Gasteiger partial charge in [-0.2, -0.15) is 0 Å². The molecule has 2 atom stereocenters. The maximum absolute atomic E-state index is 11.5. The molecule has 0 spiro atoms. The van der Waals surface area contributed by atoms with Crippen LogP contribution < -0.4 is 0 Å². The van der Waals surface area contributed by atoms with Crippen LogP contribution in [-0.2, 0) is 14.3 Å². The molecule has 0 saturated heterocycles. The minimum absolute atomic E-state index is 0.0890. The Kier molecular flexibility index (Phi) is 4.56. The summed E-state index contributed by atoms with van der Waals surface area (Å²) >= 11 is 0. The summed E-state index contributed by atoms with van der Waals surface area (Å²) in [4.78, 5) is 22.9. The molecule has 0 radical (unpaired) electrons. The van der Waals surface area contributed by atoms with Crippen molar-refractivity contribution in [2.75, 3.05) is 0 Å². The molecule has 2 rings (SSSR count). The predicted octanol–water partition coefficient (Wildman–Crippen LogP) is 3.55. The largest absolute Gasteiger partial charge is 0.431 e. The molecule has 0 bridgehead atoms. The van der Waals surface area contributed by atoms with Crippen LogP contribution in [0.15, 0.2) is 23.5 Å². The van der Waals surface area contributed by atoms with Crippen molar-refractivity contribution >= 4 is 11.8 Å². The van der Waals surface area contributed by atoms with Crippen molar-refractivity contribution in [2.45, 2.75) is 52.4 Å². The summed E-state index contributed by atoms with van der Waals surface area (Å²) in [6.07, 6.45) is 9.19. The van der Waals surface area contributed by atoms with E-state index < -0.39 is 0 Å². The van der Waals surface area contributed by atoms with Gasteiger partial charge in [0.25, 0.3) is 0 Å². The van der Waals surface area contributed by atoms with Crippen molar-refractivity contribution in [2.24, 2.45) is 11.8 Å². The summed E-state index contributed by atoms with van der Waals surface area (Å²) in [6, 6.07) is 0. The van der Waals surface area contributed by atoms with Crippen LogP contribution in [0, 0.1) is 11.8 Å². The summed E-state index contributed by atoms with van der Waals surface area (Å²) in [5, 5.41) is 0. The van der Waals surface area contributed by atoms with Crippen molar-refractivity contribution in [3.8, 4) is 0 Å². The number of hydrogen-bond acceptors (Lipinski definition) is 3. The van der Waals surface area contributed by atoms with Crippen LogP contribution in [0.5, 0.6) is 0 Å². The van der Waals surface area contributed by atoms with Gasteiger partial charge in [0.2, 0.25) is 0 Å². The zero-order chi connectivity index (χ0) is 13.8.